The van der Waals surface area contributed by atoms with Crippen LogP contribution in [-0.2, 0) is 19.6 Å². The monoisotopic (exact) mass is 509 g/mol. The van der Waals surface area contributed by atoms with Gasteiger partial charge in [0.15, 0.2) is 0 Å². The number of nitrogens with one attached hydrogen (secondary N) is 1. The third-order valence-corrected chi connectivity index (χ3v) is 8.70. The van der Waals surface area contributed by atoms with Crippen LogP contribution in [0.5, 0.6) is 0 Å². The summed E-state index contributed by atoms with van der Waals surface area (Å²) in [6.07, 6.45) is 0.815. The summed E-state index contributed by atoms with van der Waals surface area (Å²) in [5.74, 6) is -1.20. The first-order valence-corrected chi connectivity index (χ1v) is 12.8. The molecule has 1 aliphatic rings. The van der Waals surface area contributed by atoms with Gasteiger partial charge in [-0.25, -0.2) is 12.8 Å². The standard InChI is InChI=1S/C22H21ClFN3O4S2/c1-13(2)27(12-28)16-5-6-19(17(24)11-16)26-8-7-18(22(26)29)25-33(30,31)21-9-14-3-4-15(23)10-20(14)32-21/h3-6,9-13,18,25H,7-8H2,1-2H3. The summed E-state index contributed by atoms with van der Waals surface area (Å²) in [6, 6.07) is 9.61. The van der Waals surface area contributed by atoms with Gasteiger partial charge in [0.1, 0.15) is 16.1 Å². The molecule has 1 N–H and O–H groups in total. The zero-order chi connectivity index (χ0) is 23.9. The SMILES string of the molecule is CC(C)N(C=O)c1ccc(N2CCC(NS(=O)(=O)c3cc4ccc(Cl)cc4s3)C2=O)c(F)c1. The molecule has 1 aromatic heterocycles. The lowest BCUT2D eigenvalue weighted by Crippen LogP contribution is -2.41. The van der Waals surface area contributed by atoms with Gasteiger partial charge < -0.3 is 9.80 Å². The number of rotatable bonds is 7. The Morgan fingerprint density at radius 2 is 2.00 bits per heavy atom. The van der Waals surface area contributed by atoms with Gasteiger partial charge in [0.2, 0.25) is 12.3 Å². The largest absolute Gasteiger partial charge is 0.312 e. The molecule has 0 bridgehead atoms. The van der Waals surface area contributed by atoms with Crippen molar-refractivity contribution in [2.75, 3.05) is 16.3 Å². The van der Waals surface area contributed by atoms with Gasteiger partial charge in [-0.05, 0) is 62.1 Å². The van der Waals surface area contributed by atoms with E-state index in [1.54, 1.807) is 38.1 Å². The number of carbonyl (C=O) groups is 2. The average Bonchev–Trinajstić information content (AvgIpc) is 3.32. The number of nitrogens with zero attached hydrogens (tertiary/aromatic N) is 2. The Kier molecular flexibility index (Phi) is 6.45. The van der Waals surface area contributed by atoms with Crippen molar-refractivity contribution in [3.63, 3.8) is 0 Å². The molecule has 174 valence electrons. The number of hydrogen-bond acceptors (Lipinski definition) is 5. The van der Waals surface area contributed by atoms with Crippen molar-refractivity contribution in [1.29, 1.82) is 0 Å². The van der Waals surface area contributed by atoms with E-state index in [9.17, 15) is 22.4 Å². The van der Waals surface area contributed by atoms with Crippen LogP contribution in [0.1, 0.15) is 20.3 Å². The third kappa shape index (κ3) is 4.61. The zero-order valence-electron chi connectivity index (χ0n) is 17.8. The van der Waals surface area contributed by atoms with E-state index in [-0.39, 0.29) is 28.9 Å². The molecule has 1 fully saturated rings. The first kappa shape index (κ1) is 23.6. The molecule has 33 heavy (non-hydrogen) atoms. The van der Waals surface area contributed by atoms with Gasteiger partial charge in [0.05, 0.1) is 5.69 Å². The average molecular weight is 510 g/mol. The fraction of sp³-hybridized carbons (Fsp3) is 0.273. The molecule has 0 spiro atoms. The van der Waals surface area contributed by atoms with Crippen LogP contribution in [0.3, 0.4) is 0 Å². The maximum atomic E-state index is 14.8. The number of hydrogen-bond donors (Lipinski definition) is 1. The molecule has 0 saturated carbocycles. The minimum Gasteiger partial charge on any atom is -0.312 e. The maximum Gasteiger partial charge on any atom is 0.250 e. The van der Waals surface area contributed by atoms with E-state index in [4.69, 9.17) is 11.6 Å². The Morgan fingerprint density at radius 1 is 1.24 bits per heavy atom. The fourth-order valence-electron chi connectivity index (χ4n) is 3.74. The van der Waals surface area contributed by atoms with Gasteiger partial charge in [-0.15, -0.1) is 11.3 Å². The molecule has 1 saturated heterocycles. The number of anilines is 2. The summed E-state index contributed by atoms with van der Waals surface area (Å²) < 4.78 is 43.9. The van der Waals surface area contributed by atoms with Crippen molar-refractivity contribution >= 4 is 66.7 Å². The minimum atomic E-state index is -3.96. The number of benzene rings is 2. The van der Waals surface area contributed by atoms with Crippen LogP contribution in [0.2, 0.25) is 5.02 Å². The van der Waals surface area contributed by atoms with E-state index < -0.39 is 27.8 Å². The maximum absolute atomic E-state index is 14.8. The highest BCUT2D eigenvalue weighted by atomic mass is 35.5. The quantitative estimate of drug-likeness (QED) is 0.485. The fourth-order valence-corrected chi connectivity index (χ4v) is 6.66. The molecule has 3 aromatic rings. The highest BCUT2D eigenvalue weighted by molar-refractivity contribution is 7.91. The van der Waals surface area contributed by atoms with Crippen molar-refractivity contribution in [2.24, 2.45) is 0 Å². The van der Waals surface area contributed by atoms with Gasteiger partial charge in [-0.2, -0.15) is 4.72 Å². The van der Waals surface area contributed by atoms with E-state index in [2.05, 4.69) is 4.72 Å². The number of fused-ring (bicyclic) bond motifs is 1. The summed E-state index contributed by atoms with van der Waals surface area (Å²) in [7, 11) is -3.96. The van der Waals surface area contributed by atoms with E-state index >= 15 is 0 Å². The molecule has 4 rings (SSSR count). The van der Waals surface area contributed by atoms with E-state index in [0.717, 1.165) is 21.4 Å². The van der Waals surface area contributed by atoms with E-state index in [0.29, 0.717) is 17.1 Å². The summed E-state index contributed by atoms with van der Waals surface area (Å²) in [4.78, 5) is 26.8. The van der Waals surface area contributed by atoms with Gasteiger partial charge in [-0.3, -0.25) is 9.59 Å². The molecular weight excluding hydrogens is 489 g/mol. The van der Waals surface area contributed by atoms with Crippen LogP contribution < -0.4 is 14.5 Å². The number of carbonyl (C=O) groups excluding carboxylic acids is 2. The summed E-state index contributed by atoms with van der Waals surface area (Å²) >= 11 is 7.04. The Labute approximate surface area is 199 Å². The molecule has 2 heterocycles. The summed E-state index contributed by atoms with van der Waals surface area (Å²) in [6.45, 7) is 3.75. The third-order valence-electron chi connectivity index (χ3n) is 5.42. The van der Waals surface area contributed by atoms with Crippen LogP contribution in [0.15, 0.2) is 46.7 Å². The number of halogens is 2. The summed E-state index contributed by atoms with van der Waals surface area (Å²) in [5.41, 5.74) is 0.409. The predicted molar refractivity (Wildman–Crippen MR) is 128 cm³/mol. The van der Waals surface area contributed by atoms with Gasteiger partial charge in [0.25, 0.3) is 10.0 Å². The number of amides is 2. The lowest BCUT2D eigenvalue weighted by Gasteiger charge is -2.24. The van der Waals surface area contributed by atoms with Crippen molar-refractivity contribution < 1.29 is 22.4 Å². The Balaban J connectivity index is 1.53. The first-order valence-electron chi connectivity index (χ1n) is 10.2. The lowest BCUT2D eigenvalue weighted by molar-refractivity contribution is -0.118. The Hall–Kier alpha value is -2.53. The number of thiophene rings is 1. The number of sulfonamides is 1. The van der Waals surface area contributed by atoms with Crippen LogP contribution in [0, 0.1) is 5.82 Å². The lowest BCUT2D eigenvalue weighted by atomic mass is 10.2. The van der Waals surface area contributed by atoms with Crippen LogP contribution in [0.25, 0.3) is 10.1 Å². The van der Waals surface area contributed by atoms with Crippen molar-refractivity contribution in [3.8, 4) is 0 Å². The van der Waals surface area contributed by atoms with Crippen LogP contribution in [-0.4, -0.2) is 39.4 Å². The van der Waals surface area contributed by atoms with Gasteiger partial charge in [-0.1, -0.05) is 17.7 Å². The topological polar surface area (TPSA) is 86.8 Å². The molecular formula is C22H21ClFN3O4S2. The van der Waals surface area contributed by atoms with Crippen LogP contribution >= 0.6 is 22.9 Å². The highest BCUT2D eigenvalue weighted by Crippen LogP contribution is 2.32. The molecule has 1 aliphatic heterocycles. The smallest absolute Gasteiger partial charge is 0.250 e. The minimum absolute atomic E-state index is 0.0385. The second-order valence-corrected chi connectivity index (χ2v) is 11.4. The second-order valence-electron chi connectivity index (χ2n) is 7.94. The van der Waals surface area contributed by atoms with Crippen molar-refractivity contribution in [1.82, 2.24) is 4.72 Å². The van der Waals surface area contributed by atoms with Crippen molar-refractivity contribution in [2.45, 2.75) is 36.6 Å². The van der Waals surface area contributed by atoms with Crippen molar-refractivity contribution in [3.05, 3.63) is 53.3 Å². The Bertz CT molecular complexity index is 1340. The molecule has 2 amide bonds. The van der Waals surface area contributed by atoms with Gasteiger partial charge in [0, 0.05) is 28.0 Å². The predicted octanol–water partition coefficient (Wildman–Crippen LogP) is 4.15. The molecule has 1 unspecified atom stereocenters. The highest BCUT2D eigenvalue weighted by Gasteiger charge is 2.37. The molecule has 1 atom stereocenters. The molecule has 7 nitrogen and oxygen atoms in total. The normalized spacial score (nSPS) is 16.7. The summed E-state index contributed by atoms with van der Waals surface area (Å²) in [5, 5.41) is 1.23. The molecule has 2 aromatic carbocycles. The molecule has 11 heteroatoms. The molecule has 0 aliphatic carbocycles. The Morgan fingerprint density at radius 3 is 2.67 bits per heavy atom. The first-order chi connectivity index (χ1) is 15.6. The second kappa shape index (κ2) is 9.02. The molecule has 0 radical (unpaired) electrons. The van der Waals surface area contributed by atoms with E-state index in [1.165, 1.54) is 28.0 Å². The van der Waals surface area contributed by atoms with Gasteiger partial charge >= 0.3 is 0 Å². The van der Waals surface area contributed by atoms with Crippen LogP contribution in [0.4, 0.5) is 15.8 Å². The zero-order valence-corrected chi connectivity index (χ0v) is 20.2. The van der Waals surface area contributed by atoms with E-state index in [1.807, 2.05) is 0 Å².